The monoisotopic (exact) mass is 228 g/mol. The zero-order valence-electron chi connectivity index (χ0n) is 10.6. The zero-order valence-corrected chi connectivity index (χ0v) is 10.6. The molecule has 0 amide bonds. The first-order valence-corrected chi connectivity index (χ1v) is 5.95. The van der Waals surface area contributed by atoms with Gasteiger partial charge in [-0.1, -0.05) is 13.8 Å². The van der Waals surface area contributed by atoms with E-state index in [1.54, 1.807) is 0 Å². The fourth-order valence-corrected chi connectivity index (χ4v) is 1.59. The summed E-state index contributed by atoms with van der Waals surface area (Å²) in [6.45, 7) is 9.39. The summed E-state index contributed by atoms with van der Waals surface area (Å²) in [4.78, 5) is 2.12. The van der Waals surface area contributed by atoms with Crippen molar-refractivity contribution in [3.63, 3.8) is 0 Å². The molecule has 0 spiro atoms. The van der Waals surface area contributed by atoms with Crippen LogP contribution in [0.2, 0.25) is 0 Å². The fourth-order valence-electron chi connectivity index (χ4n) is 1.59. The van der Waals surface area contributed by atoms with Gasteiger partial charge in [-0.15, -0.1) is 0 Å². The van der Waals surface area contributed by atoms with Crippen LogP contribution in [0, 0.1) is 17.2 Å². The molecule has 0 saturated heterocycles. The Morgan fingerprint density at radius 3 is 2.56 bits per heavy atom. The topological polar surface area (TPSA) is 56.5 Å². The summed E-state index contributed by atoms with van der Waals surface area (Å²) in [6.07, 6.45) is 0.0473. The molecule has 0 saturated carbocycles. The molecule has 0 aromatic carbocycles. The summed E-state index contributed by atoms with van der Waals surface area (Å²) < 4.78 is 5.16. The predicted octanol–water partition coefficient (Wildman–Crippen LogP) is 1.26. The Kier molecular flexibility index (Phi) is 9.21. The summed E-state index contributed by atoms with van der Waals surface area (Å²) in [7, 11) is 0. The van der Waals surface area contributed by atoms with Crippen molar-refractivity contribution >= 4 is 0 Å². The second kappa shape index (κ2) is 9.59. The van der Waals surface area contributed by atoms with Crippen molar-refractivity contribution in [1.82, 2.24) is 4.90 Å². The fraction of sp³-hybridized carbons (Fsp3) is 0.917. The average molecular weight is 228 g/mol. The van der Waals surface area contributed by atoms with Crippen molar-refractivity contribution < 1.29 is 9.84 Å². The van der Waals surface area contributed by atoms with Gasteiger partial charge in [0.2, 0.25) is 0 Å². The van der Waals surface area contributed by atoms with Gasteiger partial charge in [0.05, 0.1) is 18.8 Å². The molecule has 0 aliphatic carbocycles. The Morgan fingerprint density at radius 1 is 1.38 bits per heavy atom. The van der Waals surface area contributed by atoms with Gasteiger partial charge in [-0.3, -0.25) is 4.90 Å². The van der Waals surface area contributed by atoms with E-state index in [4.69, 9.17) is 10.00 Å². The molecule has 0 fully saturated rings. The largest absolute Gasteiger partial charge is 0.389 e. The van der Waals surface area contributed by atoms with Gasteiger partial charge in [-0.05, 0) is 12.8 Å². The lowest BCUT2D eigenvalue weighted by atomic mass is 10.2. The number of hydrogen-bond donors (Lipinski definition) is 1. The summed E-state index contributed by atoms with van der Waals surface area (Å²) in [5.74, 6) is 0.540. The molecular weight excluding hydrogens is 204 g/mol. The van der Waals surface area contributed by atoms with Gasteiger partial charge in [-0.2, -0.15) is 5.26 Å². The SMILES string of the molecule is CCOCC(O)CN(CCC#N)CC(C)C. The first-order valence-electron chi connectivity index (χ1n) is 5.95. The van der Waals surface area contributed by atoms with Crippen molar-refractivity contribution in [2.75, 3.05) is 32.8 Å². The van der Waals surface area contributed by atoms with Crippen LogP contribution >= 0.6 is 0 Å². The van der Waals surface area contributed by atoms with Crippen LogP contribution in [0.1, 0.15) is 27.2 Å². The minimum absolute atomic E-state index is 0.373. The highest BCUT2D eigenvalue weighted by atomic mass is 16.5. The van der Waals surface area contributed by atoms with E-state index in [9.17, 15) is 5.11 Å². The molecule has 1 atom stereocenters. The third-order valence-electron chi connectivity index (χ3n) is 2.15. The highest BCUT2D eigenvalue weighted by molar-refractivity contribution is 4.74. The van der Waals surface area contributed by atoms with Crippen LogP contribution < -0.4 is 0 Å². The lowest BCUT2D eigenvalue weighted by molar-refractivity contribution is 0.0195. The van der Waals surface area contributed by atoms with Crippen LogP contribution in [0.4, 0.5) is 0 Å². The Balaban J connectivity index is 3.93. The van der Waals surface area contributed by atoms with Crippen molar-refractivity contribution in [3.05, 3.63) is 0 Å². The third kappa shape index (κ3) is 8.66. The molecule has 0 radical (unpaired) electrons. The Hall–Kier alpha value is -0.630. The maximum absolute atomic E-state index is 9.71. The minimum Gasteiger partial charge on any atom is -0.389 e. The standard InChI is InChI=1S/C12H24N2O2/c1-4-16-10-12(15)9-14(7-5-6-13)8-11(2)3/h11-12,15H,4-5,7-10H2,1-3H3. The summed E-state index contributed by atoms with van der Waals surface area (Å²) in [5, 5.41) is 18.3. The number of rotatable bonds is 9. The predicted molar refractivity (Wildman–Crippen MR) is 64.0 cm³/mol. The van der Waals surface area contributed by atoms with Crippen molar-refractivity contribution in [2.45, 2.75) is 33.3 Å². The molecule has 0 bridgehead atoms. The van der Waals surface area contributed by atoms with Gasteiger partial charge in [0, 0.05) is 32.7 Å². The van der Waals surface area contributed by atoms with Gasteiger partial charge < -0.3 is 9.84 Å². The number of aliphatic hydroxyl groups excluding tert-OH is 1. The molecule has 0 aliphatic rings. The maximum Gasteiger partial charge on any atom is 0.0900 e. The normalized spacial score (nSPS) is 13.1. The highest BCUT2D eigenvalue weighted by Gasteiger charge is 2.12. The van der Waals surface area contributed by atoms with E-state index < -0.39 is 6.10 Å². The molecule has 4 heteroatoms. The lowest BCUT2D eigenvalue weighted by Crippen LogP contribution is -2.37. The quantitative estimate of drug-likeness (QED) is 0.645. The summed E-state index contributed by atoms with van der Waals surface area (Å²) in [5.41, 5.74) is 0. The van der Waals surface area contributed by atoms with E-state index >= 15 is 0 Å². The first kappa shape index (κ1) is 15.4. The van der Waals surface area contributed by atoms with Gasteiger partial charge >= 0.3 is 0 Å². The smallest absolute Gasteiger partial charge is 0.0900 e. The first-order chi connectivity index (χ1) is 7.60. The van der Waals surface area contributed by atoms with Crippen LogP contribution in [-0.2, 0) is 4.74 Å². The number of ether oxygens (including phenoxy) is 1. The third-order valence-corrected chi connectivity index (χ3v) is 2.15. The van der Waals surface area contributed by atoms with Crippen LogP contribution in [0.5, 0.6) is 0 Å². The van der Waals surface area contributed by atoms with Crippen molar-refractivity contribution in [3.8, 4) is 6.07 Å². The molecular formula is C12H24N2O2. The van der Waals surface area contributed by atoms with Crippen LogP contribution in [-0.4, -0.2) is 49.0 Å². The van der Waals surface area contributed by atoms with Gasteiger partial charge in [0.1, 0.15) is 0 Å². The van der Waals surface area contributed by atoms with Gasteiger partial charge in [0.15, 0.2) is 0 Å². The highest BCUT2D eigenvalue weighted by Crippen LogP contribution is 2.02. The molecule has 0 heterocycles. The number of nitrogens with zero attached hydrogens (tertiary/aromatic N) is 2. The van der Waals surface area contributed by atoms with Crippen LogP contribution in [0.25, 0.3) is 0 Å². The summed E-state index contributed by atoms with van der Waals surface area (Å²) in [6, 6.07) is 2.13. The van der Waals surface area contributed by atoms with Crippen LogP contribution in [0.15, 0.2) is 0 Å². The molecule has 1 N–H and O–H groups in total. The number of aliphatic hydroxyl groups is 1. The second-order valence-electron chi connectivity index (χ2n) is 4.37. The van der Waals surface area contributed by atoms with E-state index in [2.05, 4.69) is 24.8 Å². The minimum atomic E-state index is -0.461. The number of hydrogen-bond acceptors (Lipinski definition) is 4. The van der Waals surface area contributed by atoms with E-state index in [0.29, 0.717) is 32.1 Å². The Bertz CT molecular complexity index is 202. The summed E-state index contributed by atoms with van der Waals surface area (Å²) >= 11 is 0. The second-order valence-corrected chi connectivity index (χ2v) is 4.37. The van der Waals surface area contributed by atoms with Gasteiger partial charge in [-0.25, -0.2) is 0 Å². The molecule has 4 nitrogen and oxygen atoms in total. The lowest BCUT2D eigenvalue weighted by Gasteiger charge is -2.25. The van der Waals surface area contributed by atoms with Crippen molar-refractivity contribution in [1.29, 1.82) is 5.26 Å². The van der Waals surface area contributed by atoms with E-state index in [-0.39, 0.29) is 0 Å². The van der Waals surface area contributed by atoms with Crippen LogP contribution in [0.3, 0.4) is 0 Å². The average Bonchev–Trinajstić information content (AvgIpc) is 2.22. The molecule has 0 aromatic heterocycles. The molecule has 0 rings (SSSR count). The number of nitriles is 1. The van der Waals surface area contributed by atoms with E-state index in [1.165, 1.54) is 0 Å². The van der Waals surface area contributed by atoms with Crippen molar-refractivity contribution in [2.24, 2.45) is 5.92 Å². The Morgan fingerprint density at radius 2 is 2.06 bits per heavy atom. The van der Waals surface area contributed by atoms with Gasteiger partial charge in [0.25, 0.3) is 0 Å². The maximum atomic E-state index is 9.71. The molecule has 0 aliphatic heterocycles. The van der Waals surface area contributed by atoms with E-state index in [1.807, 2.05) is 6.92 Å². The zero-order chi connectivity index (χ0) is 12.4. The molecule has 0 aromatic rings. The van der Waals surface area contributed by atoms with E-state index in [0.717, 1.165) is 13.1 Å². The molecule has 16 heavy (non-hydrogen) atoms. The molecule has 1 unspecified atom stereocenters. The molecule has 94 valence electrons. The Labute approximate surface area is 98.8 Å².